The Hall–Kier alpha value is -2.04. The number of carbonyl (C=O) groups is 2. The van der Waals surface area contributed by atoms with Gasteiger partial charge in [0.15, 0.2) is 0 Å². The summed E-state index contributed by atoms with van der Waals surface area (Å²) in [6.07, 6.45) is 2.12. The minimum Gasteiger partial charge on any atom is -0.355 e. The number of nitrogens with one attached hydrogen (secondary N) is 3. The summed E-state index contributed by atoms with van der Waals surface area (Å²) >= 11 is 0. The van der Waals surface area contributed by atoms with Crippen molar-refractivity contribution in [3.63, 3.8) is 0 Å². The molecule has 0 unspecified atom stereocenters. The van der Waals surface area contributed by atoms with Crippen LogP contribution < -0.4 is 16.0 Å². The molecule has 0 saturated heterocycles. The van der Waals surface area contributed by atoms with E-state index < -0.39 is 0 Å². The molecule has 0 aromatic heterocycles. The molecule has 0 bridgehead atoms. The molecule has 1 aliphatic rings. The molecule has 3 N–H and O–H groups in total. The van der Waals surface area contributed by atoms with Gasteiger partial charge in [0.1, 0.15) is 0 Å². The SMILES string of the molecule is CNC(=O)c1ccc(NC(=O)NC2CC2)cc1. The van der Waals surface area contributed by atoms with Gasteiger partial charge in [-0.05, 0) is 37.1 Å². The van der Waals surface area contributed by atoms with E-state index in [2.05, 4.69) is 16.0 Å². The molecule has 1 aromatic carbocycles. The maximum Gasteiger partial charge on any atom is 0.319 e. The van der Waals surface area contributed by atoms with Crippen LogP contribution in [0.3, 0.4) is 0 Å². The topological polar surface area (TPSA) is 70.2 Å². The van der Waals surface area contributed by atoms with Crippen molar-refractivity contribution < 1.29 is 9.59 Å². The van der Waals surface area contributed by atoms with Gasteiger partial charge in [0.25, 0.3) is 5.91 Å². The quantitative estimate of drug-likeness (QED) is 0.737. The van der Waals surface area contributed by atoms with Crippen LogP contribution in [0.2, 0.25) is 0 Å². The molecule has 0 heterocycles. The van der Waals surface area contributed by atoms with Crippen LogP contribution in [-0.4, -0.2) is 25.0 Å². The molecule has 0 atom stereocenters. The lowest BCUT2D eigenvalue weighted by Crippen LogP contribution is -2.30. The molecule has 1 aromatic rings. The second-order valence-corrected chi connectivity index (χ2v) is 4.03. The monoisotopic (exact) mass is 233 g/mol. The minimum absolute atomic E-state index is 0.140. The normalized spacial score (nSPS) is 13.9. The van der Waals surface area contributed by atoms with Crippen LogP contribution in [-0.2, 0) is 0 Å². The van der Waals surface area contributed by atoms with Gasteiger partial charge in [-0.2, -0.15) is 0 Å². The predicted molar refractivity (Wildman–Crippen MR) is 65.0 cm³/mol. The van der Waals surface area contributed by atoms with Crippen molar-refractivity contribution in [3.05, 3.63) is 29.8 Å². The number of rotatable bonds is 3. The van der Waals surface area contributed by atoms with Gasteiger partial charge in [0.2, 0.25) is 0 Å². The van der Waals surface area contributed by atoms with Crippen LogP contribution in [0.5, 0.6) is 0 Å². The Morgan fingerprint density at radius 2 is 1.82 bits per heavy atom. The fourth-order valence-corrected chi connectivity index (χ4v) is 1.43. The zero-order chi connectivity index (χ0) is 12.3. The van der Waals surface area contributed by atoms with Gasteiger partial charge in [-0.15, -0.1) is 0 Å². The van der Waals surface area contributed by atoms with E-state index in [4.69, 9.17) is 0 Å². The summed E-state index contributed by atoms with van der Waals surface area (Å²) < 4.78 is 0. The van der Waals surface area contributed by atoms with E-state index in [9.17, 15) is 9.59 Å². The highest BCUT2D eigenvalue weighted by molar-refractivity contribution is 5.95. The molecule has 1 aliphatic carbocycles. The lowest BCUT2D eigenvalue weighted by atomic mass is 10.2. The van der Waals surface area contributed by atoms with Gasteiger partial charge in [-0.3, -0.25) is 4.79 Å². The number of amides is 3. The predicted octanol–water partition coefficient (Wildman–Crippen LogP) is 1.33. The maximum absolute atomic E-state index is 11.4. The van der Waals surface area contributed by atoms with E-state index in [0.29, 0.717) is 17.3 Å². The molecule has 0 aliphatic heterocycles. The molecular weight excluding hydrogens is 218 g/mol. The lowest BCUT2D eigenvalue weighted by Gasteiger charge is -2.07. The summed E-state index contributed by atoms with van der Waals surface area (Å²) in [4.78, 5) is 22.7. The summed E-state index contributed by atoms with van der Waals surface area (Å²) in [6, 6.07) is 6.89. The van der Waals surface area contributed by atoms with Gasteiger partial charge >= 0.3 is 6.03 Å². The number of benzene rings is 1. The zero-order valence-corrected chi connectivity index (χ0v) is 9.62. The molecule has 5 nitrogen and oxygen atoms in total. The molecule has 0 radical (unpaired) electrons. The van der Waals surface area contributed by atoms with Gasteiger partial charge < -0.3 is 16.0 Å². The van der Waals surface area contributed by atoms with Crippen LogP contribution in [0.1, 0.15) is 23.2 Å². The fourth-order valence-electron chi connectivity index (χ4n) is 1.43. The van der Waals surface area contributed by atoms with Crippen LogP contribution in [0.15, 0.2) is 24.3 Å². The first-order valence-corrected chi connectivity index (χ1v) is 5.58. The molecular formula is C12H15N3O2. The Morgan fingerprint density at radius 3 is 2.35 bits per heavy atom. The van der Waals surface area contributed by atoms with E-state index in [0.717, 1.165) is 12.8 Å². The van der Waals surface area contributed by atoms with E-state index in [-0.39, 0.29) is 11.9 Å². The van der Waals surface area contributed by atoms with Crippen molar-refractivity contribution in [2.75, 3.05) is 12.4 Å². The van der Waals surface area contributed by atoms with E-state index in [1.54, 1.807) is 31.3 Å². The number of hydrogen-bond acceptors (Lipinski definition) is 2. The fraction of sp³-hybridized carbons (Fsp3) is 0.333. The highest BCUT2D eigenvalue weighted by Gasteiger charge is 2.23. The van der Waals surface area contributed by atoms with Crippen LogP contribution in [0.25, 0.3) is 0 Å². The largest absolute Gasteiger partial charge is 0.355 e. The van der Waals surface area contributed by atoms with Crippen molar-refractivity contribution in [2.45, 2.75) is 18.9 Å². The summed E-state index contributed by atoms with van der Waals surface area (Å²) in [6.45, 7) is 0. The Labute approximate surface area is 99.6 Å². The van der Waals surface area contributed by atoms with Crippen LogP contribution >= 0.6 is 0 Å². The first-order valence-electron chi connectivity index (χ1n) is 5.58. The second kappa shape index (κ2) is 4.86. The number of carbonyl (C=O) groups excluding carboxylic acids is 2. The van der Waals surface area contributed by atoms with Crippen LogP contribution in [0.4, 0.5) is 10.5 Å². The maximum atomic E-state index is 11.4. The third-order valence-electron chi connectivity index (χ3n) is 2.54. The first kappa shape index (κ1) is 11.4. The van der Waals surface area contributed by atoms with Crippen molar-refractivity contribution >= 4 is 17.6 Å². The van der Waals surface area contributed by atoms with Crippen LogP contribution in [0, 0.1) is 0 Å². The van der Waals surface area contributed by atoms with Crippen molar-refractivity contribution in [1.29, 1.82) is 0 Å². The highest BCUT2D eigenvalue weighted by atomic mass is 16.2. The van der Waals surface area contributed by atoms with Gasteiger partial charge in [0.05, 0.1) is 0 Å². The van der Waals surface area contributed by atoms with E-state index >= 15 is 0 Å². The molecule has 0 spiro atoms. The number of hydrogen-bond donors (Lipinski definition) is 3. The van der Waals surface area contributed by atoms with Gasteiger partial charge in [-0.1, -0.05) is 0 Å². The molecule has 1 fully saturated rings. The Morgan fingerprint density at radius 1 is 1.18 bits per heavy atom. The lowest BCUT2D eigenvalue weighted by molar-refractivity contribution is 0.0963. The first-order chi connectivity index (χ1) is 8.19. The average molecular weight is 233 g/mol. The smallest absolute Gasteiger partial charge is 0.319 e. The summed E-state index contributed by atoms with van der Waals surface area (Å²) in [5.41, 5.74) is 1.25. The number of urea groups is 1. The molecule has 5 heteroatoms. The molecule has 3 amide bonds. The van der Waals surface area contributed by atoms with E-state index in [1.165, 1.54) is 0 Å². The standard InChI is InChI=1S/C12H15N3O2/c1-13-11(16)8-2-4-9(5-3-8)14-12(17)15-10-6-7-10/h2-5,10H,6-7H2,1H3,(H,13,16)(H2,14,15,17). The van der Waals surface area contributed by atoms with Crippen molar-refractivity contribution in [3.8, 4) is 0 Å². The molecule has 1 saturated carbocycles. The van der Waals surface area contributed by atoms with Crippen molar-refractivity contribution in [1.82, 2.24) is 10.6 Å². The second-order valence-electron chi connectivity index (χ2n) is 4.03. The van der Waals surface area contributed by atoms with Crippen molar-refractivity contribution in [2.24, 2.45) is 0 Å². The third-order valence-corrected chi connectivity index (χ3v) is 2.54. The average Bonchev–Trinajstić information content (AvgIpc) is 3.12. The molecule has 2 rings (SSSR count). The Balaban J connectivity index is 1.92. The minimum atomic E-state index is -0.194. The number of anilines is 1. The van der Waals surface area contributed by atoms with E-state index in [1.807, 2.05) is 0 Å². The Kier molecular flexibility index (Phi) is 3.27. The summed E-state index contributed by atoms with van der Waals surface area (Å²) in [5, 5.41) is 8.07. The third kappa shape index (κ3) is 3.21. The highest BCUT2D eigenvalue weighted by Crippen LogP contribution is 2.18. The van der Waals surface area contributed by atoms with Gasteiger partial charge in [0, 0.05) is 24.3 Å². The van der Waals surface area contributed by atoms with Gasteiger partial charge in [-0.25, -0.2) is 4.79 Å². The Bertz CT molecular complexity index is 424. The summed E-state index contributed by atoms with van der Waals surface area (Å²) in [7, 11) is 1.58. The molecule has 90 valence electrons. The zero-order valence-electron chi connectivity index (χ0n) is 9.62. The molecule has 17 heavy (non-hydrogen) atoms. The summed E-state index contributed by atoms with van der Waals surface area (Å²) in [5.74, 6) is -0.140.